The maximum Gasteiger partial charge on any atom is 0.341 e. The highest BCUT2D eigenvalue weighted by Crippen LogP contribution is 2.26. The Morgan fingerprint density at radius 1 is 1.20 bits per heavy atom. The topological polar surface area (TPSA) is 74.7 Å². The van der Waals surface area contributed by atoms with Crippen molar-refractivity contribution in [3.8, 4) is 11.5 Å². The predicted molar refractivity (Wildman–Crippen MR) is 91.9 cm³/mol. The summed E-state index contributed by atoms with van der Waals surface area (Å²) in [5, 5.41) is 0. The van der Waals surface area contributed by atoms with Crippen LogP contribution < -0.4 is 9.47 Å². The van der Waals surface area contributed by atoms with Crippen LogP contribution in [0.1, 0.15) is 42.2 Å². The molecule has 0 aliphatic heterocycles. The summed E-state index contributed by atoms with van der Waals surface area (Å²) in [6, 6.07) is 10.5. The second-order valence-electron chi connectivity index (χ2n) is 5.54. The van der Waals surface area contributed by atoms with Crippen LogP contribution in [0.3, 0.4) is 0 Å². The van der Waals surface area contributed by atoms with Crippen molar-refractivity contribution in [2.45, 2.75) is 26.2 Å². The number of aromatic nitrogens is 1. The van der Waals surface area contributed by atoms with Crippen LogP contribution in [-0.2, 0) is 9.53 Å². The molecule has 1 atom stereocenters. The summed E-state index contributed by atoms with van der Waals surface area (Å²) in [7, 11) is 1.27. The smallest absolute Gasteiger partial charge is 0.341 e. The van der Waals surface area contributed by atoms with E-state index in [-0.39, 0.29) is 17.2 Å². The van der Waals surface area contributed by atoms with E-state index in [1.54, 1.807) is 12.3 Å². The molecular weight excluding hydrogens is 322 g/mol. The van der Waals surface area contributed by atoms with Crippen LogP contribution in [0.5, 0.6) is 11.5 Å². The standard InChI is InChI=1S/C19H21NO5/c1-13(17-6-4-5-10-20-17)9-11-24-15-7-8-16(19(22)23-3)18(12-15)25-14(2)21/h4-8,10,12-13H,9,11H2,1-3H3. The highest BCUT2D eigenvalue weighted by Gasteiger charge is 2.16. The predicted octanol–water partition coefficient (Wildman–Crippen LogP) is 3.37. The lowest BCUT2D eigenvalue weighted by molar-refractivity contribution is -0.131. The van der Waals surface area contributed by atoms with Gasteiger partial charge in [0.2, 0.25) is 0 Å². The number of nitrogens with zero attached hydrogens (tertiary/aromatic N) is 1. The maximum absolute atomic E-state index is 11.7. The summed E-state index contributed by atoms with van der Waals surface area (Å²) < 4.78 is 15.5. The first-order chi connectivity index (χ1) is 12.0. The molecule has 0 saturated carbocycles. The maximum atomic E-state index is 11.7. The van der Waals surface area contributed by atoms with Gasteiger partial charge < -0.3 is 14.2 Å². The molecule has 2 aromatic rings. The molecule has 0 aliphatic carbocycles. The fraction of sp³-hybridized carbons (Fsp3) is 0.316. The van der Waals surface area contributed by atoms with Gasteiger partial charge in [0.25, 0.3) is 0 Å². The number of esters is 2. The lowest BCUT2D eigenvalue weighted by atomic mass is 10.0. The summed E-state index contributed by atoms with van der Waals surface area (Å²) >= 11 is 0. The zero-order valence-electron chi connectivity index (χ0n) is 14.5. The summed E-state index contributed by atoms with van der Waals surface area (Å²) in [6.45, 7) is 3.81. The molecule has 1 heterocycles. The second kappa shape index (κ2) is 8.82. The summed E-state index contributed by atoms with van der Waals surface area (Å²) in [4.78, 5) is 27.3. The van der Waals surface area contributed by atoms with Crippen LogP contribution in [0.25, 0.3) is 0 Å². The number of ether oxygens (including phenoxy) is 3. The molecule has 25 heavy (non-hydrogen) atoms. The highest BCUT2D eigenvalue weighted by atomic mass is 16.5. The van der Waals surface area contributed by atoms with Crippen LogP contribution in [0, 0.1) is 0 Å². The Hall–Kier alpha value is -2.89. The Bertz CT molecular complexity index is 730. The van der Waals surface area contributed by atoms with Gasteiger partial charge in [-0.3, -0.25) is 9.78 Å². The van der Waals surface area contributed by atoms with E-state index in [0.717, 1.165) is 12.1 Å². The van der Waals surface area contributed by atoms with Crippen LogP contribution in [0.15, 0.2) is 42.6 Å². The van der Waals surface area contributed by atoms with E-state index in [0.29, 0.717) is 12.4 Å². The van der Waals surface area contributed by atoms with Crippen molar-refractivity contribution in [2.24, 2.45) is 0 Å². The molecule has 0 spiro atoms. The Balaban J connectivity index is 2.02. The summed E-state index contributed by atoms with van der Waals surface area (Å²) in [6.07, 6.45) is 2.54. The van der Waals surface area contributed by atoms with Gasteiger partial charge in [0, 0.05) is 30.8 Å². The average Bonchev–Trinajstić information content (AvgIpc) is 2.61. The number of pyridine rings is 1. The van der Waals surface area contributed by atoms with Gasteiger partial charge in [-0.2, -0.15) is 0 Å². The lowest BCUT2D eigenvalue weighted by Gasteiger charge is -2.13. The molecule has 0 saturated heterocycles. The van der Waals surface area contributed by atoms with E-state index >= 15 is 0 Å². The third kappa shape index (κ3) is 5.31. The second-order valence-corrected chi connectivity index (χ2v) is 5.54. The number of benzene rings is 1. The Morgan fingerprint density at radius 2 is 2.00 bits per heavy atom. The normalized spacial score (nSPS) is 11.5. The SMILES string of the molecule is COC(=O)c1ccc(OCCC(C)c2ccccn2)cc1OC(C)=O. The Kier molecular flexibility index (Phi) is 6.51. The van der Waals surface area contributed by atoms with Crippen LogP contribution in [0.4, 0.5) is 0 Å². The molecule has 0 amide bonds. The molecule has 0 fully saturated rings. The van der Waals surface area contributed by atoms with Gasteiger partial charge in [-0.05, 0) is 30.7 Å². The van der Waals surface area contributed by atoms with Gasteiger partial charge in [0.15, 0.2) is 0 Å². The van der Waals surface area contributed by atoms with E-state index in [2.05, 4.69) is 16.6 Å². The molecule has 0 aliphatic rings. The van der Waals surface area contributed by atoms with E-state index in [9.17, 15) is 9.59 Å². The largest absolute Gasteiger partial charge is 0.493 e. The van der Waals surface area contributed by atoms with Gasteiger partial charge >= 0.3 is 11.9 Å². The lowest BCUT2D eigenvalue weighted by Crippen LogP contribution is -2.10. The number of hydrogen-bond donors (Lipinski definition) is 0. The molecule has 132 valence electrons. The van der Waals surface area contributed by atoms with Crippen LogP contribution in [0.2, 0.25) is 0 Å². The molecule has 0 bridgehead atoms. The Morgan fingerprint density at radius 3 is 2.64 bits per heavy atom. The summed E-state index contributed by atoms with van der Waals surface area (Å²) in [5.74, 6) is -0.215. The van der Waals surface area contributed by atoms with Gasteiger partial charge in [-0.1, -0.05) is 13.0 Å². The quantitative estimate of drug-likeness (QED) is 0.567. The minimum Gasteiger partial charge on any atom is -0.493 e. The zero-order chi connectivity index (χ0) is 18.2. The number of methoxy groups -OCH3 is 1. The minimum absolute atomic E-state index is 0.120. The van der Waals surface area contributed by atoms with Crippen molar-refractivity contribution in [2.75, 3.05) is 13.7 Å². The molecule has 2 rings (SSSR count). The molecule has 6 heteroatoms. The molecule has 1 aromatic heterocycles. The van der Waals surface area contributed by atoms with Crippen molar-refractivity contribution in [3.05, 3.63) is 53.9 Å². The number of hydrogen-bond acceptors (Lipinski definition) is 6. The summed E-state index contributed by atoms with van der Waals surface area (Å²) in [5.41, 5.74) is 1.18. The van der Waals surface area contributed by atoms with Crippen molar-refractivity contribution < 1.29 is 23.8 Å². The highest BCUT2D eigenvalue weighted by molar-refractivity contribution is 5.93. The van der Waals surface area contributed by atoms with Crippen LogP contribution >= 0.6 is 0 Å². The fourth-order valence-electron chi connectivity index (χ4n) is 2.28. The first-order valence-electron chi connectivity index (χ1n) is 7.95. The first kappa shape index (κ1) is 18.4. The van der Waals surface area contributed by atoms with Crippen LogP contribution in [-0.4, -0.2) is 30.6 Å². The van der Waals surface area contributed by atoms with Crippen molar-refractivity contribution in [1.29, 1.82) is 0 Å². The van der Waals surface area contributed by atoms with E-state index in [4.69, 9.17) is 9.47 Å². The number of carbonyl (C=O) groups excluding carboxylic acids is 2. The third-order valence-electron chi connectivity index (χ3n) is 3.62. The molecule has 1 aromatic carbocycles. The average molecular weight is 343 g/mol. The van der Waals surface area contributed by atoms with E-state index in [1.807, 2.05) is 18.2 Å². The van der Waals surface area contributed by atoms with Crippen molar-refractivity contribution in [3.63, 3.8) is 0 Å². The zero-order valence-corrected chi connectivity index (χ0v) is 14.5. The van der Waals surface area contributed by atoms with Crippen molar-refractivity contribution in [1.82, 2.24) is 4.98 Å². The van der Waals surface area contributed by atoms with Crippen molar-refractivity contribution >= 4 is 11.9 Å². The van der Waals surface area contributed by atoms with Gasteiger partial charge in [0.1, 0.15) is 17.1 Å². The van der Waals surface area contributed by atoms with Gasteiger partial charge in [-0.25, -0.2) is 4.79 Å². The van der Waals surface area contributed by atoms with E-state index in [1.165, 1.54) is 26.2 Å². The number of carbonyl (C=O) groups is 2. The van der Waals surface area contributed by atoms with E-state index < -0.39 is 11.9 Å². The molecule has 6 nitrogen and oxygen atoms in total. The molecule has 0 radical (unpaired) electrons. The molecule has 0 N–H and O–H groups in total. The van der Waals surface area contributed by atoms with Gasteiger partial charge in [0.05, 0.1) is 13.7 Å². The number of rotatable bonds is 7. The Labute approximate surface area is 146 Å². The van der Waals surface area contributed by atoms with Gasteiger partial charge in [-0.15, -0.1) is 0 Å². The molecule has 1 unspecified atom stereocenters. The minimum atomic E-state index is -0.577. The third-order valence-corrected chi connectivity index (χ3v) is 3.62. The fourth-order valence-corrected chi connectivity index (χ4v) is 2.28. The monoisotopic (exact) mass is 343 g/mol. The molecular formula is C19H21NO5. The first-order valence-corrected chi connectivity index (χ1v) is 7.95.